The predicted octanol–water partition coefficient (Wildman–Crippen LogP) is 2.29. The molecule has 0 unspecified atom stereocenters. The Kier molecular flexibility index (Phi) is 3.07. The van der Waals surface area contributed by atoms with Crippen LogP contribution in [0.25, 0.3) is 10.2 Å². The predicted molar refractivity (Wildman–Crippen MR) is 76.5 cm³/mol. The molecular formula is C11H14N4S2. The maximum Gasteiger partial charge on any atom is 0.225 e. The number of thioether (sulfide) groups is 1. The molecule has 0 bridgehead atoms. The summed E-state index contributed by atoms with van der Waals surface area (Å²) in [5.74, 6) is 4.17. The fraction of sp³-hybridized carbons (Fsp3) is 0.455. The van der Waals surface area contributed by atoms with E-state index in [1.807, 2.05) is 18.8 Å². The van der Waals surface area contributed by atoms with Crippen LogP contribution in [0.15, 0.2) is 11.4 Å². The van der Waals surface area contributed by atoms with Gasteiger partial charge in [-0.2, -0.15) is 16.7 Å². The molecular weight excluding hydrogens is 252 g/mol. The zero-order valence-electron chi connectivity index (χ0n) is 9.64. The second-order valence-electron chi connectivity index (χ2n) is 3.86. The third kappa shape index (κ3) is 2.07. The molecule has 2 aromatic heterocycles. The van der Waals surface area contributed by atoms with E-state index in [9.17, 15) is 0 Å². The fourth-order valence-electron chi connectivity index (χ4n) is 1.97. The Morgan fingerprint density at radius 3 is 2.88 bits per heavy atom. The number of hydrogen-bond donors (Lipinski definition) is 1. The van der Waals surface area contributed by atoms with Crippen LogP contribution in [-0.4, -0.2) is 41.6 Å². The SMILES string of the molecule is CNc1nc(N2CCSCC2)c2ccsc2n1. The molecule has 1 N–H and O–H groups in total. The van der Waals surface area contributed by atoms with Gasteiger partial charge in [0.15, 0.2) is 0 Å². The molecule has 0 atom stereocenters. The van der Waals surface area contributed by atoms with E-state index in [-0.39, 0.29) is 0 Å². The summed E-state index contributed by atoms with van der Waals surface area (Å²) in [6.45, 7) is 2.16. The maximum atomic E-state index is 4.62. The van der Waals surface area contributed by atoms with E-state index < -0.39 is 0 Å². The summed E-state index contributed by atoms with van der Waals surface area (Å²) >= 11 is 3.68. The van der Waals surface area contributed by atoms with Gasteiger partial charge in [0.2, 0.25) is 5.95 Å². The molecule has 3 rings (SSSR count). The first-order valence-electron chi connectivity index (χ1n) is 5.64. The Balaban J connectivity index is 2.08. The molecule has 0 radical (unpaired) electrons. The zero-order chi connectivity index (χ0) is 11.7. The van der Waals surface area contributed by atoms with Crippen LogP contribution in [0.2, 0.25) is 0 Å². The number of nitrogens with one attached hydrogen (secondary N) is 1. The number of rotatable bonds is 2. The number of hydrogen-bond acceptors (Lipinski definition) is 6. The highest BCUT2D eigenvalue weighted by Gasteiger charge is 2.17. The molecule has 1 fully saturated rings. The van der Waals surface area contributed by atoms with Gasteiger partial charge >= 0.3 is 0 Å². The molecule has 0 amide bonds. The minimum Gasteiger partial charge on any atom is -0.357 e. The van der Waals surface area contributed by atoms with Gasteiger partial charge in [-0.1, -0.05) is 0 Å². The largest absolute Gasteiger partial charge is 0.357 e. The van der Waals surface area contributed by atoms with Gasteiger partial charge in [0.1, 0.15) is 10.6 Å². The molecule has 0 saturated carbocycles. The number of nitrogens with zero attached hydrogens (tertiary/aromatic N) is 3. The Hall–Kier alpha value is -1.01. The minimum atomic E-state index is 0.716. The van der Waals surface area contributed by atoms with Crippen LogP contribution in [0, 0.1) is 0 Å². The molecule has 2 aromatic rings. The maximum absolute atomic E-state index is 4.62. The van der Waals surface area contributed by atoms with Crippen LogP contribution < -0.4 is 10.2 Å². The lowest BCUT2D eigenvalue weighted by molar-refractivity contribution is 0.843. The Bertz CT molecular complexity index is 519. The number of anilines is 2. The van der Waals surface area contributed by atoms with Crippen molar-refractivity contribution in [1.82, 2.24) is 9.97 Å². The highest BCUT2D eigenvalue weighted by Crippen LogP contribution is 2.30. The highest BCUT2D eigenvalue weighted by molar-refractivity contribution is 7.99. The van der Waals surface area contributed by atoms with E-state index in [1.165, 1.54) is 16.9 Å². The number of fused-ring (bicyclic) bond motifs is 1. The van der Waals surface area contributed by atoms with Gasteiger partial charge in [-0.3, -0.25) is 0 Å². The van der Waals surface area contributed by atoms with Gasteiger partial charge in [-0.25, -0.2) is 4.98 Å². The number of aromatic nitrogens is 2. The van der Waals surface area contributed by atoms with Crippen molar-refractivity contribution in [2.24, 2.45) is 0 Å². The first-order chi connectivity index (χ1) is 8.38. The summed E-state index contributed by atoms with van der Waals surface area (Å²) < 4.78 is 0. The summed E-state index contributed by atoms with van der Waals surface area (Å²) in [7, 11) is 1.87. The lowest BCUT2D eigenvalue weighted by atomic mass is 10.3. The monoisotopic (exact) mass is 266 g/mol. The van der Waals surface area contributed by atoms with Gasteiger partial charge in [0.25, 0.3) is 0 Å². The average Bonchev–Trinajstić information content (AvgIpc) is 2.86. The summed E-state index contributed by atoms with van der Waals surface area (Å²) in [5, 5.41) is 6.31. The van der Waals surface area contributed by atoms with Gasteiger partial charge in [0.05, 0.1) is 5.39 Å². The molecule has 17 heavy (non-hydrogen) atoms. The second-order valence-corrected chi connectivity index (χ2v) is 5.98. The summed E-state index contributed by atoms with van der Waals surface area (Å²) in [6.07, 6.45) is 0. The van der Waals surface area contributed by atoms with Crippen molar-refractivity contribution in [3.8, 4) is 0 Å². The molecule has 0 aliphatic carbocycles. The molecule has 0 spiro atoms. The van der Waals surface area contributed by atoms with E-state index in [1.54, 1.807) is 11.3 Å². The third-order valence-corrected chi connectivity index (χ3v) is 4.59. The lowest BCUT2D eigenvalue weighted by Crippen LogP contribution is -2.33. The first kappa shape index (κ1) is 11.1. The van der Waals surface area contributed by atoms with Crippen molar-refractivity contribution in [2.45, 2.75) is 0 Å². The highest BCUT2D eigenvalue weighted by atomic mass is 32.2. The molecule has 0 aromatic carbocycles. The standard InChI is InChI=1S/C11H14N4S2/c1-12-11-13-9(15-3-6-16-7-4-15)8-2-5-17-10(8)14-11/h2,5H,3-4,6-7H2,1H3,(H,12,13,14). The van der Waals surface area contributed by atoms with Crippen molar-refractivity contribution in [3.63, 3.8) is 0 Å². The van der Waals surface area contributed by atoms with Crippen molar-refractivity contribution >= 4 is 45.1 Å². The number of thiophene rings is 1. The van der Waals surface area contributed by atoms with Gasteiger partial charge < -0.3 is 10.2 Å². The molecule has 90 valence electrons. The molecule has 1 aliphatic rings. The molecule has 6 heteroatoms. The van der Waals surface area contributed by atoms with Crippen molar-refractivity contribution < 1.29 is 0 Å². The smallest absolute Gasteiger partial charge is 0.225 e. The van der Waals surface area contributed by atoms with Crippen LogP contribution in [0.3, 0.4) is 0 Å². The van der Waals surface area contributed by atoms with E-state index in [0.29, 0.717) is 5.95 Å². The second kappa shape index (κ2) is 4.70. The van der Waals surface area contributed by atoms with Crippen molar-refractivity contribution in [2.75, 3.05) is 41.9 Å². The fourth-order valence-corrected chi connectivity index (χ4v) is 3.63. The Labute approximate surface area is 108 Å². The van der Waals surface area contributed by atoms with Gasteiger partial charge in [-0.05, 0) is 11.4 Å². The first-order valence-corrected chi connectivity index (χ1v) is 7.67. The normalized spacial score (nSPS) is 16.4. The topological polar surface area (TPSA) is 41.1 Å². The molecule has 4 nitrogen and oxygen atoms in total. The average molecular weight is 266 g/mol. The Morgan fingerprint density at radius 2 is 2.12 bits per heavy atom. The van der Waals surface area contributed by atoms with E-state index in [0.717, 1.165) is 23.7 Å². The van der Waals surface area contributed by atoms with Gasteiger partial charge in [0, 0.05) is 31.6 Å². The third-order valence-electron chi connectivity index (χ3n) is 2.84. The zero-order valence-corrected chi connectivity index (χ0v) is 11.3. The van der Waals surface area contributed by atoms with Crippen molar-refractivity contribution in [1.29, 1.82) is 0 Å². The van der Waals surface area contributed by atoms with E-state index >= 15 is 0 Å². The van der Waals surface area contributed by atoms with Gasteiger partial charge in [-0.15, -0.1) is 11.3 Å². The summed E-state index contributed by atoms with van der Waals surface area (Å²) in [4.78, 5) is 12.5. The van der Waals surface area contributed by atoms with Crippen molar-refractivity contribution in [3.05, 3.63) is 11.4 Å². The van der Waals surface area contributed by atoms with E-state index in [4.69, 9.17) is 0 Å². The lowest BCUT2D eigenvalue weighted by Gasteiger charge is -2.28. The summed E-state index contributed by atoms with van der Waals surface area (Å²) in [5.41, 5.74) is 0. The molecule has 3 heterocycles. The molecule has 1 aliphatic heterocycles. The van der Waals surface area contributed by atoms with Crippen LogP contribution in [0.1, 0.15) is 0 Å². The van der Waals surface area contributed by atoms with E-state index in [2.05, 4.69) is 31.6 Å². The Morgan fingerprint density at radius 1 is 1.29 bits per heavy atom. The quantitative estimate of drug-likeness (QED) is 0.903. The minimum absolute atomic E-state index is 0.716. The molecule has 1 saturated heterocycles. The van der Waals surface area contributed by atoms with Crippen LogP contribution in [0.4, 0.5) is 11.8 Å². The van der Waals surface area contributed by atoms with Crippen LogP contribution in [0.5, 0.6) is 0 Å². The van der Waals surface area contributed by atoms with Crippen LogP contribution in [-0.2, 0) is 0 Å². The summed E-state index contributed by atoms with van der Waals surface area (Å²) in [6, 6.07) is 2.12. The van der Waals surface area contributed by atoms with Crippen LogP contribution >= 0.6 is 23.1 Å².